The number of alkyl halides is 6. The van der Waals surface area contributed by atoms with E-state index in [4.69, 9.17) is 0 Å². The molecule has 0 bridgehead atoms. The highest BCUT2D eigenvalue weighted by Gasteiger charge is 2.33. The van der Waals surface area contributed by atoms with Gasteiger partial charge in [0, 0.05) is 11.6 Å². The standard InChI is InChI=1S/C14H9F8N5O/c15-7-2-1-6(3-8(7)16)11(28)25-12(23-5-13(17,18)19)24-10-4-9(26-27-10)14(20,21)22/h1-4H,5H2,(H3,23,24,25,26,27,28). The van der Waals surface area contributed by atoms with Crippen LogP contribution in [0.15, 0.2) is 29.3 Å². The number of aromatic amines is 1. The number of aromatic nitrogens is 2. The van der Waals surface area contributed by atoms with Crippen LogP contribution in [0.1, 0.15) is 16.1 Å². The Morgan fingerprint density at radius 1 is 1.07 bits per heavy atom. The van der Waals surface area contributed by atoms with Crippen molar-refractivity contribution in [2.45, 2.75) is 12.4 Å². The van der Waals surface area contributed by atoms with Gasteiger partial charge in [-0.3, -0.25) is 15.2 Å². The molecule has 0 saturated heterocycles. The number of guanidine groups is 1. The lowest BCUT2D eigenvalue weighted by molar-refractivity contribution is -0.141. The highest BCUT2D eigenvalue weighted by atomic mass is 19.4. The number of anilines is 1. The molecule has 1 aromatic heterocycles. The van der Waals surface area contributed by atoms with Gasteiger partial charge < -0.3 is 5.32 Å². The van der Waals surface area contributed by atoms with Crippen LogP contribution < -0.4 is 10.6 Å². The first-order valence-corrected chi connectivity index (χ1v) is 7.12. The molecule has 0 saturated carbocycles. The van der Waals surface area contributed by atoms with Gasteiger partial charge in [-0.25, -0.2) is 13.8 Å². The van der Waals surface area contributed by atoms with Crippen molar-refractivity contribution >= 4 is 17.7 Å². The molecule has 0 unspecified atom stereocenters. The Hall–Kier alpha value is -3.19. The number of aliphatic imine (C=N–C) groups is 1. The molecule has 0 spiro atoms. The van der Waals surface area contributed by atoms with Crippen LogP contribution in [0.4, 0.5) is 40.9 Å². The van der Waals surface area contributed by atoms with Crippen LogP contribution in [-0.2, 0) is 6.18 Å². The summed E-state index contributed by atoms with van der Waals surface area (Å²) in [5, 5.41) is 8.60. The number of hydrogen-bond acceptors (Lipinski definition) is 3. The summed E-state index contributed by atoms with van der Waals surface area (Å²) in [5.41, 5.74) is -1.78. The summed E-state index contributed by atoms with van der Waals surface area (Å²) in [7, 11) is 0. The zero-order valence-electron chi connectivity index (χ0n) is 13.3. The Bertz CT molecular complexity index is 887. The highest BCUT2D eigenvalue weighted by Crippen LogP contribution is 2.28. The van der Waals surface area contributed by atoms with Gasteiger partial charge in [-0.15, -0.1) is 0 Å². The molecule has 0 aliphatic rings. The average molecular weight is 415 g/mol. The predicted octanol–water partition coefficient (Wildman–Crippen LogP) is 3.47. The summed E-state index contributed by atoms with van der Waals surface area (Å²) in [6, 6.07) is 2.34. The lowest BCUT2D eigenvalue weighted by atomic mass is 10.2. The van der Waals surface area contributed by atoms with Gasteiger partial charge in [0.1, 0.15) is 12.2 Å². The van der Waals surface area contributed by atoms with Crippen molar-refractivity contribution in [1.29, 1.82) is 0 Å². The fourth-order valence-corrected chi connectivity index (χ4v) is 1.75. The minimum atomic E-state index is -4.80. The quantitative estimate of drug-likeness (QED) is 0.408. The number of amides is 1. The number of rotatable bonds is 3. The smallest absolute Gasteiger partial charge is 0.309 e. The van der Waals surface area contributed by atoms with Crippen molar-refractivity contribution in [1.82, 2.24) is 15.5 Å². The van der Waals surface area contributed by atoms with Crippen molar-refractivity contribution in [2.75, 3.05) is 11.9 Å². The van der Waals surface area contributed by atoms with Crippen molar-refractivity contribution in [2.24, 2.45) is 4.99 Å². The van der Waals surface area contributed by atoms with Gasteiger partial charge in [0.15, 0.2) is 17.5 Å². The van der Waals surface area contributed by atoms with Crippen LogP contribution in [0.5, 0.6) is 0 Å². The monoisotopic (exact) mass is 415 g/mol. The Balaban J connectivity index is 2.22. The zero-order chi connectivity index (χ0) is 21.1. The van der Waals surface area contributed by atoms with Crippen molar-refractivity contribution < 1.29 is 39.9 Å². The van der Waals surface area contributed by atoms with Gasteiger partial charge in [-0.05, 0) is 18.2 Å². The van der Waals surface area contributed by atoms with Gasteiger partial charge in [-0.2, -0.15) is 31.4 Å². The molecule has 1 aromatic carbocycles. The molecule has 28 heavy (non-hydrogen) atoms. The molecule has 14 heteroatoms. The number of nitrogens with one attached hydrogen (secondary N) is 3. The van der Waals surface area contributed by atoms with Crippen LogP contribution in [0.2, 0.25) is 0 Å². The first-order valence-electron chi connectivity index (χ1n) is 7.12. The van der Waals surface area contributed by atoms with Crippen molar-refractivity contribution in [3.05, 3.63) is 47.2 Å². The van der Waals surface area contributed by atoms with Gasteiger partial charge >= 0.3 is 12.4 Å². The van der Waals surface area contributed by atoms with Crippen LogP contribution in [0.25, 0.3) is 0 Å². The minimum absolute atomic E-state index is 0.423. The molecular formula is C14H9F8N5O. The lowest BCUT2D eigenvalue weighted by Crippen LogP contribution is -2.37. The van der Waals surface area contributed by atoms with Crippen LogP contribution in [0, 0.1) is 11.6 Å². The Labute approximate surface area is 150 Å². The number of carbonyl (C=O) groups excluding carboxylic acids is 1. The molecule has 0 atom stereocenters. The molecule has 152 valence electrons. The van der Waals surface area contributed by atoms with E-state index in [1.54, 1.807) is 5.10 Å². The minimum Gasteiger partial charge on any atom is -0.309 e. The summed E-state index contributed by atoms with van der Waals surface area (Å²) in [4.78, 5) is 15.0. The first kappa shape index (κ1) is 21.1. The predicted molar refractivity (Wildman–Crippen MR) is 79.4 cm³/mol. The second-order valence-electron chi connectivity index (χ2n) is 5.15. The molecule has 0 radical (unpaired) electrons. The van der Waals surface area contributed by atoms with Crippen LogP contribution >= 0.6 is 0 Å². The molecule has 6 nitrogen and oxygen atoms in total. The summed E-state index contributed by atoms with van der Waals surface area (Å²) >= 11 is 0. The fourth-order valence-electron chi connectivity index (χ4n) is 1.75. The summed E-state index contributed by atoms with van der Waals surface area (Å²) in [6.45, 7) is -1.79. The molecule has 2 rings (SSSR count). The molecule has 0 fully saturated rings. The molecule has 0 aliphatic heterocycles. The topological polar surface area (TPSA) is 82.2 Å². The Morgan fingerprint density at radius 2 is 1.75 bits per heavy atom. The maximum atomic E-state index is 13.2. The SMILES string of the molecule is O=C(NC(=NCC(F)(F)F)Nc1cc(C(F)(F)F)[nH]n1)c1ccc(F)c(F)c1. The largest absolute Gasteiger partial charge is 0.432 e. The van der Waals surface area contributed by atoms with E-state index in [2.05, 4.69) is 10.1 Å². The number of hydrogen-bond donors (Lipinski definition) is 3. The molecular weight excluding hydrogens is 406 g/mol. The normalized spacial score (nSPS) is 12.8. The maximum Gasteiger partial charge on any atom is 0.432 e. The van der Waals surface area contributed by atoms with Gasteiger partial charge in [0.05, 0.1) is 0 Å². The molecule has 1 amide bonds. The highest BCUT2D eigenvalue weighted by molar-refractivity contribution is 6.09. The van der Waals surface area contributed by atoms with Crippen LogP contribution in [0.3, 0.4) is 0 Å². The summed E-state index contributed by atoms with van der Waals surface area (Å²) in [6.07, 6.45) is -9.59. The lowest BCUT2D eigenvalue weighted by Gasteiger charge is -2.11. The van der Waals surface area contributed by atoms with E-state index in [1.165, 1.54) is 0 Å². The van der Waals surface area contributed by atoms with Gasteiger partial charge in [0.2, 0.25) is 5.96 Å². The van der Waals surface area contributed by atoms with Gasteiger partial charge in [0.25, 0.3) is 5.91 Å². The Morgan fingerprint density at radius 3 is 2.29 bits per heavy atom. The second-order valence-corrected chi connectivity index (χ2v) is 5.15. The Kier molecular flexibility index (Phi) is 5.89. The van der Waals surface area contributed by atoms with Gasteiger partial charge in [-0.1, -0.05) is 0 Å². The fraction of sp³-hybridized carbons (Fsp3) is 0.214. The number of carbonyl (C=O) groups is 1. The number of benzene rings is 1. The molecule has 0 aliphatic carbocycles. The van der Waals surface area contributed by atoms with E-state index in [-0.39, 0.29) is 0 Å². The van der Waals surface area contributed by atoms with E-state index >= 15 is 0 Å². The summed E-state index contributed by atoms with van der Waals surface area (Å²) in [5.74, 6) is -5.36. The van der Waals surface area contributed by atoms with E-state index in [0.29, 0.717) is 18.2 Å². The molecule has 2 aromatic rings. The van der Waals surface area contributed by atoms with E-state index in [9.17, 15) is 39.9 Å². The maximum absolute atomic E-state index is 13.2. The van der Waals surface area contributed by atoms with E-state index in [0.717, 1.165) is 6.07 Å². The van der Waals surface area contributed by atoms with Crippen molar-refractivity contribution in [3.8, 4) is 0 Å². The number of halogens is 8. The summed E-state index contributed by atoms with van der Waals surface area (Å²) < 4.78 is 101. The van der Waals surface area contributed by atoms with E-state index < -0.39 is 59.5 Å². The molecule has 1 heterocycles. The number of H-pyrrole nitrogens is 1. The second kappa shape index (κ2) is 7.82. The zero-order valence-corrected chi connectivity index (χ0v) is 13.3. The third-order valence-corrected chi connectivity index (χ3v) is 2.96. The van der Waals surface area contributed by atoms with E-state index in [1.807, 2.05) is 10.6 Å². The number of nitrogens with zero attached hydrogens (tertiary/aromatic N) is 2. The average Bonchev–Trinajstić information content (AvgIpc) is 3.03. The third kappa shape index (κ3) is 5.92. The van der Waals surface area contributed by atoms with Crippen molar-refractivity contribution in [3.63, 3.8) is 0 Å². The third-order valence-electron chi connectivity index (χ3n) is 2.96. The van der Waals surface area contributed by atoms with Crippen LogP contribution in [-0.4, -0.2) is 34.8 Å². The molecule has 3 N–H and O–H groups in total. The first-order chi connectivity index (χ1) is 12.8.